The number of hydrogen-bond acceptors (Lipinski definition) is 3. The van der Waals surface area contributed by atoms with Gasteiger partial charge in [0.25, 0.3) is 0 Å². The highest BCUT2D eigenvalue weighted by Crippen LogP contribution is 2.13. The standard InChI is InChI=1S/C13H14ClN3/c1-9-16-12(7-13(8-15)17-9)6-10-2-4-11(14)5-3-10/h2-5,7H,6,8,15H2,1H3. The molecule has 0 unspecified atom stereocenters. The lowest BCUT2D eigenvalue weighted by Crippen LogP contribution is -2.05. The largest absolute Gasteiger partial charge is 0.325 e. The highest BCUT2D eigenvalue weighted by atomic mass is 35.5. The maximum Gasteiger partial charge on any atom is 0.125 e. The summed E-state index contributed by atoms with van der Waals surface area (Å²) in [5.41, 5.74) is 8.63. The van der Waals surface area contributed by atoms with Gasteiger partial charge in [0.05, 0.1) is 5.69 Å². The van der Waals surface area contributed by atoms with E-state index in [1.54, 1.807) is 0 Å². The van der Waals surface area contributed by atoms with Crippen LogP contribution in [0.1, 0.15) is 22.8 Å². The third-order valence-electron chi connectivity index (χ3n) is 2.45. The van der Waals surface area contributed by atoms with E-state index in [0.717, 1.165) is 28.7 Å². The van der Waals surface area contributed by atoms with E-state index in [2.05, 4.69) is 9.97 Å². The number of aryl methyl sites for hydroxylation is 1. The van der Waals surface area contributed by atoms with Crippen molar-refractivity contribution < 1.29 is 0 Å². The van der Waals surface area contributed by atoms with Gasteiger partial charge in [-0.1, -0.05) is 23.7 Å². The Morgan fingerprint density at radius 3 is 2.41 bits per heavy atom. The second-order valence-electron chi connectivity index (χ2n) is 3.91. The number of halogens is 1. The normalized spacial score (nSPS) is 10.5. The van der Waals surface area contributed by atoms with Crippen LogP contribution in [-0.2, 0) is 13.0 Å². The van der Waals surface area contributed by atoms with Gasteiger partial charge < -0.3 is 5.73 Å². The van der Waals surface area contributed by atoms with Crippen molar-refractivity contribution in [1.82, 2.24) is 9.97 Å². The van der Waals surface area contributed by atoms with Crippen LogP contribution in [0.5, 0.6) is 0 Å². The first kappa shape index (κ1) is 12.0. The number of benzene rings is 1. The molecule has 88 valence electrons. The van der Waals surface area contributed by atoms with Gasteiger partial charge >= 0.3 is 0 Å². The predicted octanol–water partition coefficient (Wildman–Crippen LogP) is 2.49. The Hall–Kier alpha value is -1.45. The fourth-order valence-corrected chi connectivity index (χ4v) is 1.83. The molecule has 0 saturated carbocycles. The second kappa shape index (κ2) is 5.25. The first-order chi connectivity index (χ1) is 8.17. The number of nitrogens with two attached hydrogens (primary N) is 1. The minimum Gasteiger partial charge on any atom is -0.325 e. The molecule has 1 aromatic carbocycles. The Kier molecular flexibility index (Phi) is 3.71. The molecule has 2 rings (SSSR count). The first-order valence-corrected chi connectivity index (χ1v) is 5.83. The Labute approximate surface area is 106 Å². The summed E-state index contributed by atoms with van der Waals surface area (Å²) in [6.07, 6.45) is 0.771. The summed E-state index contributed by atoms with van der Waals surface area (Å²) in [7, 11) is 0. The first-order valence-electron chi connectivity index (χ1n) is 5.45. The maximum absolute atomic E-state index is 5.85. The summed E-state index contributed by atoms with van der Waals surface area (Å²) in [6, 6.07) is 9.72. The molecule has 0 bridgehead atoms. The van der Waals surface area contributed by atoms with Crippen molar-refractivity contribution in [3.8, 4) is 0 Å². The summed E-state index contributed by atoms with van der Waals surface area (Å²) in [5, 5.41) is 0.746. The van der Waals surface area contributed by atoms with E-state index in [4.69, 9.17) is 17.3 Å². The average molecular weight is 248 g/mol. The Morgan fingerprint density at radius 2 is 1.76 bits per heavy atom. The molecule has 0 radical (unpaired) electrons. The van der Waals surface area contributed by atoms with Crippen LogP contribution in [0.25, 0.3) is 0 Å². The topological polar surface area (TPSA) is 51.8 Å². The molecule has 3 nitrogen and oxygen atoms in total. The third kappa shape index (κ3) is 3.25. The predicted molar refractivity (Wildman–Crippen MR) is 68.9 cm³/mol. The fourth-order valence-electron chi connectivity index (χ4n) is 1.70. The van der Waals surface area contributed by atoms with Crippen LogP contribution in [-0.4, -0.2) is 9.97 Å². The van der Waals surface area contributed by atoms with Crippen molar-refractivity contribution in [2.75, 3.05) is 0 Å². The van der Waals surface area contributed by atoms with E-state index in [9.17, 15) is 0 Å². The van der Waals surface area contributed by atoms with E-state index in [0.29, 0.717) is 6.54 Å². The molecule has 0 aliphatic carbocycles. The highest BCUT2D eigenvalue weighted by Gasteiger charge is 2.02. The van der Waals surface area contributed by atoms with Crippen molar-refractivity contribution in [2.24, 2.45) is 5.73 Å². The minimum absolute atomic E-state index is 0.441. The van der Waals surface area contributed by atoms with E-state index in [1.165, 1.54) is 5.56 Å². The van der Waals surface area contributed by atoms with Gasteiger partial charge in [-0.25, -0.2) is 9.97 Å². The quantitative estimate of drug-likeness (QED) is 0.907. The number of aromatic nitrogens is 2. The van der Waals surface area contributed by atoms with Crippen molar-refractivity contribution in [3.05, 3.63) is 58.1 Å². The summed E-state index contributed by atoms with van der Waals surface area (Å²) >= 11 is 5.85. The summed E-state index contributed by atoms with van der Waals surface area (Å²) < 4.78 is 0. The molecule has 1 heterocycles. The smallest absolute Gasteiger partial charge is 0.125 e. The molecule has 17 heavy (non-hydrogen) atoms. The minimum atomic E-state index is 0.441. The zero-order valence-corrected chi connectivity index (χ0v) is 10.4. The molecule has 1 aromatic heterocycles. The molecule has 0 amide bonds. The van der Waals surface area contributed by atoms with Gasteiger partial charge in [-0.2, -0.15) is 0 Å². The van der Waals surface area contributed by atoms with Gasteiger partial charge in [0.1, 0.15) is 5.82 Å². The lowest BCUT2D eigenvalue weighted by atomic mass is 10.1. The number of hydrogen-bond donors (Lipinski definition) is 1. The van der Waals surface area contributed by atoms with Crippen LogP contribution in [0, 0.1) is 6.92 Å². The molecule has 2 N–H and O–H groups in total. The average Bonchev–Trinajstić information content (AvgIpc) is 2.31. The summed E-state index contributed by atoms with van der Waals surface area (Å²) in [4.78, 5) is 8.65. The van der Waals surface area contributed by atoms with E-state index in [-0.39, 0.29) is 0 Å². The van der Waals surface area contributed by atoms with Gasteiger partial charge in [0.15, 0.2) is 0 Å². The van der Waals surface area contributed by atoms with Gasteiger partial charge in [-0.05, 0) is 30.7 Å². The third-order valence-corrected chi connectivity index (χ3v) is 2.70. The van der Waals surface area contributed by atoms with Crippen molar-refractivity contribution in [2.45, 2.75) is 19.9 Å². The van der Waals surface area contributed by atoms with Crippen LogP contribution < -0.4 is 5.73 Å². The molecule has 0 saturated heterocycles. The number of rotatable bonds is 3. The van der Waals surface area contributed by atoms with E-state index < -0.39 is 0 Å². The molecular formula is C13H14ClN3. The highest BCUT2D eigenvalue weighted by molar-refractivity contribution is 6.30. The molecule has 0 fully saturated rings. The van der Waals surface area contributed by atoms with E-state index >= 15 is 0 Å². The zero-order chi connectivity index (χ0) is 12.3. The Balaban J connectivity index is 2.23. The van der Waals surface area contributed by atoms with Gasteiger partial charge in [0.2, 0.25) is 0 Å². The van der Waals surface area contributed by atoms with Crippen molar-refractivity contribution in [1.29, 1.82) is 0 Å². The molecular weight excluding hydrogens is 234 g/mol. The second-order valence-corrected chi connectivity index (χ2v) is 4.34. The summed E-state index contributed by atoms with van der Waals surface area (Å²) in [5.74, 6) is 0.761. The molecule has 0 aliphatic rings. The molecule has 0 aliphatic heterocycles. The number of nitrogens with zero attached hydrogens (tertiary/aromatic N) is 2. The van der Waals surface area contributed by atoms with Crippen molar-refractivity contribution in [3.63, 3.8) is 0 Å². The Bertz CT molecular complexity index is 509. The maximum atomic E-state index is 5.85. The van der Waals surface area contributed by atoms with Crippen LogP contribution in [0.3, 0.4) is 0 Å². The van der Waals surface area contributed by atoms with Crippen LogP contribution >= 0.6 is 11.6 Å². The zero-order valence-electron chi connectivity index (χ0n) is 9.65. The van der Waals surface area contributed by atoms with Gasteiger partial charge in [-0.3, -0.25) is 0 Å². The summed E-state index contributed by atoms with van der Waals surface area (Å²) in [6.45, 7) is 2.32. The lowest BCUT2D eigenvalue weighted by molar-refractivity contribution is 0.890. The van der Waals surface area contributed by atoms with Gasteiger partial charge in [0, 0.05) is 23.7 Å². The Morgan fingerprint density at radius 1 is 1.12 bits per heavy atom. The molecule has 4 heteroatoms. The van der Waals surface area contributed by atoms with E-state index in [1.807, 2.05) is 37.3 Å². The molecule has 0 atom stereocenters. The molecule has 2 aromatic rings. The fraction of sp³-hybridized carbons (Fsp3) is 0.231. The van der Waals surface area contributed by atoms with Crippen molar-refractivity contribution >= 4 is 11.6 Å². The van der Waals surface area contributed by atoms with Crippen LogP contribution in [0.2, 0.25) is 5.02 Å². The van der Waals surface area contributed by atoms with Crippen LogP contribution in [0.15, 0.2) is 30.3 Å². The van der Waals surface area contributed by atoms with Gasteiger partial charge in [-0.15, -0.1) is 0 Å². The van der Waals surface area contributed by atoms with Crippen LogP contribution in [0.4, 0.5) is 0 Å². The lowest BCUT2D eigenvalue weighted by Gasteiger charge is -2.05. The monoisotopic (exact) mass is 247 g/mol. The molecule has 0 spiro atoms. The SMILES string of the molecule is Cc1nc(CN)cc(Cc2ccc(Cl)cc2)n1.